The largest absolute Gasteiger partial charge is 0.418 e. The molecule has 0 bridgehead atoms. The van der Waals surface area contributed by atoms with Crippen LogP contribution in [-0.2, 0) is 12.7 Å². The Kier molecular flexibility index (Phi) is 8.14. The summed E-state index contributed by atoms with van der Waals surface area (Å²) < 4.78 is 55.7. The van der Waals surface area contributed by atoms with E-state index in [1.54, 1.807) is 12.3 Å². The van der Waals surface area contributed by atoms with E-state index in [1.807, 2.05) is 29.9 Å². The zero-order chi connectivity index (χ0) is 28.3. The minimum absolute atomic E-state index is 0.0912. The highest BCUT2D eigenvalue weighted by atomic mass is 19.4. The Morgan fingerprint density at radius 2 is 1.77 bits per heavy atom. The average molecular weight is 554 g/mol. The Morgan fingerprint density at radius 1 is 1.00 bits per heavy atom. The standard InChI is InChI=1S/C23H24F3N5O.C7H7F/c24-23(25,26)19-7-4-10-27-21(19)14-31-22(32)18(15-5-2-1-3-6-15)11-20(29-31)16-12-28-30(13-16)17-8-9-17;1-6-3-2-4-7(8)5-6/h4,7,10-13,15,17H,1-3,5-6,8-9,14H2;2-5H,1H3. The molecule has 0 unspecified atom stereocenters. The number of hydrogen-bond acceptors (Lipinski definition) is 4. The maximum absolute atomic E-state index is 13.5. The van der Waals surface area contributed by atoms with Crippen LogP contribution >= 0.6 is 0 Å². The lowest BCUT2D eigenvalue weighted by Gasteiger charge is -2.22. The SMILES string of the molecule is Cc1cccc(F)c1.O=c1c(C2CCCCC2)cc(-c2cnn(C3CC3)c2)nn1Cc1ncccc1C(F)(F)F. The first-order valence-corrected chi connectivity index (χ1v) is 13.6. The number of nitrogens with zero attached hydrogens (tertiary/aromatic N) is 5. The zero-order valence-corrected chi connectivity index (χ0v) is 22.2. The van der Waals surface area contributed by atoms with Crippen LogP contribution in [-0.4, -0.2) is 24.5 Å². The molecule has 210 valence electrons. The maximum Gasteiger partial charge on any atom is 0.418 e. The Balaban J connectivity index is 0.000000348. The van der Waals surface area contributed by atoms with Gasteiger partial charge >= 0.3 is 6.18 Å². The van der Waals surface area contributed by atoms with E-state index in [9.17, 15) is 22.4 Å². The lowest BCUT2D eigenvalue weighted by molar-refractivity contribution is -0.138. The van der Waals surface area contributed by atoms with Crippen LogP contribution in [0.3, 0.4) is 0 Å². The molecular weight excluding hydrogens is 522 g/mol. The fourth-order valence-electron chi connectivity index (χ4n) is 5.10. The van der Waals surface area contributed by atoms with Gasteiger partial charge in [-0.25, -0.2) is 9.07 Å². The predicted molar refractivity (Wildman–Crippen MR) is 143 cm³/mol. The molecule has 2 aliphatic rings. The van der Waals surface area contributed by atoms with E-state index in [4.69, 9.17) is 0 Å². The van der Waals surface area contributed by atoms with Crippen LogP contribution in [0.2, 0.25) is 0 Å². The van der Waals surface area contributed by atoms with Crippen molar-refractivity contribution in [1.29, 1.82) is 0 Å². The number of rotatable bonds is 5. The molecule has 40 heavy (non-hydrogen) atoms. The summed E-state index contributed by atoms with van der Waals surface area (Å²) >= 11 is 0. The van der Waals surface area contributed by atoms with Gasteiger partial charge in [0.25, 0.3) is 5.56 Å². The first-order chi connectivity index (χ1) is 19.2. The van der Waals surface area contributed by atoms with Crippen molar-refractivity contribution in [2.75, 3.05) is 0 Å². The van der Waals surface area contributed by atoms with Gasteiger partial charge < -0.3 is 0 Å². The molecule has 0 aliphatic heterocycles. The van der Waals surface area contributed by atoms with Crippen LogP contribution in [0.4, 0.5) is 17.6 Å². The Morgan fingerprint density at radius 3 is 2.42 bits per heavy atom. The van der Waals surface area contributed by atoms with Crippen LogP contribution in [0.25, 0.3) is 11.3 Å². The quantitative estimate of drug-likeness (QED) is 0.248. The molecular formula is C30H31F4N5O. The third kappa shape index (κ3) is 6.66. The summed E-state index contributed by atoms with van der Waals surface area (Å²) in [5.74, 6) is -0.0708. The molecule has 1 aromatic carbocycles. The Hall–Kier alpha value is -3.82. The number of alkyl halides is 3. The molecule has 4 aromatic rings. The lowest BCUT2D eigenvalue weighted by Crippen LogP contribution is -2.30. The normalized spacial score (nSPS) is 15.9. The van der Waals surface area contributed by atoms with Gasteiger partial charge in [-0.1, -0.05) is 31.4 Å². The molecule has 2 saturated carbocycles. The van der Waals surface area contributed by atoms with E-state index in [-0.39, 0.29) is 29.5 Å². The molecule has 0 spiro atoms. The van der Waals surface area contributed by atoms with E-state index >= 15 is 0 Å². The molecule has 0 N–H and O–H groups in total. The van der Waals surface area contributed by atoms with Crippen molar-refractivity contribution in [2.24, 2.45) is 0 Å². The fraction of sp³-hybridized carbons (Fsp3) is 0.400. The molecule has 10 heteroatoms. The van der Waals surface area contributed by atoms with E-state index < -0.39 is 11.7 Å². The van der Waals surface area contributed by atoms with Gasteiger partial charge in [0.1, 0.15) is 5.82 Å². The molecule has 3 heterocycles. The zero-order valence-electron chi connectivity index (χ0n) is 22.2. The van der Waals surface area contributed by atoms with Crippen LogP contribution < -0.4 is 5.56 Å². The van der Waals surface area contributed by atoms with E-state index in [0.717, 1.165) is 66.8 Å². The Bertz CT molecular complexity index is 1500. The van der Waals surface area contributed by atoms with Crippen molar-refractivity contribution in [3.05, 3.63) is 99.6 Å². The summed E-state index contributed by atoms with van der Waals surface area (Å²) in [7, 11) is 0. The second-order valence-corrected chi connectivity index (χ2v) is 10.5. The number of halogens is 4. The van der Waals surface area contributed by atoms with Gasteiger partial charge in [-0.05, 0) is 74.4 Å². The maximum atomic E-state index is 13.5. The number of benzene rings is 1. The van der Waals surface area contributed by atoms with E-state index in [0.29, 0.717) is 17.3 Å². The number of hydrogen-bond donors (Lipinski definition) is 0. The summed E-state index contributed by atoms with van der Waals surface area (Å²) in [6, 6.07) is 10.9. The van der Waals surface area contributed by atoms with E-state index in [2.05, 4.69) is 15.2 Å². The minimum atomic E-state index is -4.55. The van der Waals surface area contributed by atoms with Crippen LogP contribution in [0.1, 0.15) is 79.3 Å². The molecule has 6 nitrogen and oxygen atoms in total. The van der Waals surface area contributed by atoms with Crippen molar-refractivity contribution in [3.63, 3.8) is 0 Å². The number of aromatic nitrogens is 5. The predicted octanol–water partition coefficient (Wildman–Crippen LogP) is 7.09. The highest BCUT2D eigenvalue weighted by molar-refractivity contribution is 5.57. The number of pyridine rings is 1. The molecule has 6 rings (SSSR count). The van der Waals surface area contributed by atoms with Crippen molar-refractivity contribution in [1.82, 2.24) is 24.5 Å². The van der Waals surface area contributed by atoms with Crippen LogP contribution in [0.5, 0.6) is 0 Å². The molecule has 0 amide bonds. The molecule has 2 fully saturated rings. The van der Waals surface area contributed by atoms with Gasteiger partial charge in [0.2, 0.25) is 0 Å². The third-order valence-electron chi connectivity index (χ3n) is 7.34. The highest BCUT2D eigenvalue weighted by Gasteiger charge is 2.34. The topological polar surface area (TPSA) is 65.6 Å². The summed E-state index contributed by atoms with van der Waals surface area (Å²) in [5.41, 5.74) is 1.51. The monoisotopic (exact) mass is 553 g/mol. The molecule has 0 atom stereocenters. The minimum Gasteiger partial charge on any atom is -0.269 e. The molecule has 0 saturated heterocycles. The number of aryl methyl sites for hydroxylation is 1. The lowest BCUT2D eigenvalue weighted by atomic mass is 9.84. The van der Waals surface area contributed by atoms with Crippen molar-refractivity contribution in [2.45, 2.75) is 76.6 Å². The highest BCUT2D eigenvalue weighted by Crippen LogP contribution is 2.36. The smallest absolute Gasteiger partial charge is 0.269 e. The molecule has 3 aromatic heterocycles. The van der Waals surface area contributed by atoms with Gasteiger partial charge in [0, 0.05) is 23.5 Å². The summed E-state index contributed by atoms with van der Waals surface area (Å²) in [6.45, 7) is 1.53. The van der Waals surface area contributed by atoms with Gasteiger partial charge in [-0.15, -0.1) is 0 Å². The van der Waals surface area contributed by atoms with Gasteiger partial charge in [-0.2, -0.15) is 23.4 Å². The van der Waals surface area contributed by atoms with Gasteiger partial charge in [0.15, 0.2) is 0 Å². The third-order valence-corrected chi connectivity index (χ3v) is 7.34. The fourth-order valence-corrected chi connectivity index (χ4v) is 5.10. The van der Waals surface area contributed by atoms with Gasteiger partial charge in [0.05, 0.1) is 35.7 Å². The molecule has 2 aliphatic carbocycles. The van der Waals surface area contributed by atoms with Crippen LogP contribution in [0, 0.1) is 12.7 Å². The van der Waals surface area contributed by atoms with Crippen molar-refractivity contribution >= 4 is 0 Å². The summed E-state index contributed by atoms with van der Waals surface area (Å²) in [6.07, 6.45) is 7.56. The average Bonchev–Trinajstić information content (AvgIpc) is 3.66. The Labute approximate surface area is 229 Å². The first-order valence-electron chi connectivity index (χ1n) is 13.6. The van der Waals surface area contributed by atoms with Crippen molar-refractivity contribution < 1.29 is 17.6 Å². The van der Waals surface area contributed by atoms with Crippen LogP contribution in [0.15, 0.2) is 65.8 Å². The molecule has 0 radical (unpaired) electrons. The summed E-state index contributed by atoms with van der Waals surface area (Å²) in [4.78, 5) is 17.2. The van der Waals surface area contributed by atoms with Gasteiger partial charge in [-0.3, -0.25) is 14.5 Å². The van der Waals surface area contributed by atoms with E-state index in [1.165, 1.54) is 24.4 Å². The second-order valence-electron chi connectivity index (χ2n) is 10.5. The first kappa shape index (κ1) is 27.7. The summed E-state index contributed by atoms with van der Waals surface area (Å²) in [5, 5.41) is 8.86. The van der Waals surface area contributed by atoms with Crippen molar-refractivity contribution in [3.8, 4) is 11.3 Å². The second kappa shape index (κ2) is 11.7.